The Morgan fingerprint density at radius 3 is 2.67 bits per heavy atom. The minimum Gasteiger partial charge on any atom is -0.356 e. The summed E-state index contributed by atoms with van der Waals surface area (Å²) in [7, 11) is 0. The molecule has 39 heavy (non-hydrogen) atoms. The fraction of sp³-hybridized carbons (Fsp3) is 0.464. The summed E-state index contributed by atoms with van der Waals surface area (Å²) in [6.45, 7) is 5.63. The molecule has 1 spiro atoms. The number of pyridine rings is 1. The number of thiazole rings is 1. The van der Waals surface area contributed by atoms with Gasteiger partial charge in [0.2, 0.25) is 17.3 Å². The van der Waals surface area contributed by atoms with E-state index in [1.807, 2.05) is 28.7 Å². The number of para-hydroxylation sites is 1. The number of hydrogen-bond donors (Lipinski definition) is 2. The third-order valence-corrected chi connectivity index (χ3v) is 9.76. The number of carbonyl (C=O) groups is 2. The lowest BCUT2D eigenvalue weighted by Gasteiger charge is -2.38. The molecule has 10 nitrogen and oxygen atoms in total. The molecule has 3 saturated heterocycles. The summed E-state index contributed by atoms with van der Waals surface area (Å²) >= 11 is 1.44. The lowest BCUT2D eigenvalue weighted by molar-refractivity contribution is -0.119. The Kier molecular flexibility index (Phi) is 6.00. The van der Waals surface area contributed by atoms with Crippen molar-refractivity contribution in [2.24, 2.45) is 5.41 Å². The van der Waals surface area contributed by atoms with E-state index in [0.717, 1.165) is 62.3 Å². The Morgan fingerprint density at radius 1 is 1.10 bits per heavy atom. The van der Waals surface area contributed by atoms with Gasteiger partial charge in [-0.2, -0.15) is 4.98 Å². The van der Waals surface area contributed by atoms with Crippen LogP contribution in [0.15, 0.2) is 35.3 Å². The fourth-order valence-electron chi connectivity index (χ4n) is 6.35. The number of piperidine rings is 1. The number of nitrogens with one attached hydrogen (secondary N) is 2. The average molecular weight is 546 g/mol. The standard InChI is InChI=1S/C28H31N7O3S/c36-21-15-28(17-31-21)7-12-34(13-8-28)27-30-16-18-23(37)22(25(38)29-9-14-33-10-3-4-11-33)26-35(24(18)32-27)19-5-1-2-6-20(19)39-26/h1-2,5-6,16H,3-4,7-15,17H2,(H,29,38)(H,31,36). The van der Waals surface area contributed by atoms with Crippen LogP contribution in [0, 0.1) is 5.41 Å². The van der Waals surface area contributed by atoms with Crippen molar-refractivity contribution in [3.8, 4) is 0 Å². The number of benzene rings is 1. The molecule has 6 heterocycles. The predicted octanol–water partition coefficient (Wildman–Crippen LogP) is 2.39. The monoisotopic (exact) mass is 545 g/mol. The van der Waals surface area contributed by atoms with E-state index in [2.05, 4.69) is 25.4 Å². The van der Waals surface area contributed by atoms with Gasteiger partial charge in [-0.15, -0.1) is 11.3 Å². The maximum absolute atomic E-state index is 13.8. The second kappa shape index (κ2) is 9.56. The second-order valence-corrected chi connectivity index (χ2v) is 12.1. The topological polar surface area (TPSA) is 112 Å². The van der Waals surface area contributed by atoms with Crippen molar-refractivity contribution >= 4 is 55.2 Å². The number of nitrogens with zero attached hydrogens (tertiary/aromatic N) is 5. The van der Waals surface area contributed by atoms with Crippen LogP contribution in [0.4, 0.5) is 5.95 Å². The normalized spacial score (nSPS) is 19.5. The van der Waals surface area contributed by atoms with Crippen LogP contribution in [0.5, 0.6) is 0 Å². The number of fused-ring (bicyclic) bond motifs is 5. The molecule has 1 aromatic carbocycles. The number of likely N-dealkylation sites (tertiary alicyclic amines) is 1. The lowest BCUT2D eigenvalue weighted by Crippen LogP contribution is -2.42. The molecule has 202 valence electrons. The van der Waals surface area contributed by atoms with Gasteiger partial charge in [0, 0.05) is 45.3 Å². The molecule has 0 atom stereocenters. The van der Waals surface area contributed by atoms with Crippen molar-refractivity contribution in [3.63, 3.8) is 0 Å². The van der Waals surface area contributed by atoms with Crippen LogP contribution >= 0.6 is 11.3 Å². The first-order chi connectivity index (χ1) is 19.0. The lowest BCUT2D eigenvalue weighted by atomic mass is 9.78. The van der Waals surface area contributed by atoms with Gasteiger partial charge in [0.1, 0.15) is 10.4 Å². The van der Waals surface area contributed by atoms with Gasteiger partial charge in [-0.05, 0) is 56.3 Å². The van der Waals surface area contributed by atoms with E-state index < -0.39 is 0 Å². The summed E-state index contributed by atoms with van der Waals surface area (Å²) in [4.78, 5) is 53.6. The summed E-state index contributed by atoms with van der Waals surface area (Å²) in [5.74, 6) is 0.351. The Labute approximate surface area is 229 Å². The number of rotatable bonds is 5. The molecular formula is C28H31N7O3S. The molecule has 7 rings (SSSR count). The summed E-state index contributed by atoms with van der Waals surface area (Å²) in [6, 6.07) is 7.91. The number of hydrogen-bond acceptors (Lipinski definition) is 8. The van der Waals surface area contributed by atoms with E-state index in [1.165, 1.54) is 24.2 Å². The van der Waals surface area contributed by atoms with Crippen LogP contribution in [0.25, 0.3) is 26.1 Å². The highest BCUT2D eigenvalue weighted by Gasteiger charge is 2.41. The van der Waals surface area contributed by atoms with E-state index in [4.69, 9.17) is 4.98 Å². The van der Waals surface area contributed by atoms with E-state index in [-0.39, 0.29) is 28.2 Å². The van der Waals surface area contributed by atoms with Crippen LogP contribution in [-0.2, 0) is 4.79 Å². The van der Waals surface area contributed by atoms with Gasteiger partial charge in [0.25, 0.3) is 5.91 Å². The van der Waals surface area contributed by atoms with Gasteiger partial charge in [0.15, 0.2) is 5.65 Å². The highest BCUT2D eigenvalue weighted by atomic mass is 32.1. The van der Waals surface area contributed by atoms with E-state index in [0.29, 0.717) is 34.8 Å². The average Bonchev–Trinajstić information content (AvgIpc) is 3.68. The zero-order valence-corrected chi connectivity index (χ0v) is 22.6. The van der Waals surface area contributed by atoms with Crippen LogP contribution in [0.2, 0.25) is 0 Å². The minimum absolute atomic E-state index is 0.0231. The molecule has 0 radical (unpaired) electrons. The van der Waals surface area contributed by atoms with E-state index in [1.54, 1.807) is 6.20 Å². The zero-order chi connectivity index (χ0) is 26.6. The van der Waals surface area contributed by atoms with Gasteiger partial charge >= 0.3 is 0 Å². The third kappa shape index (κ3) is 4.24. The Bertz CT molecular complexity index is 1660. The van der Waals surface area contributed by atoms with Crippen LogP contribution in [0.3, 0.4) is 0 Å². The highest BCUT2D eigenvalue weighted by molar-refractivity contribution is 7.24. The second-order valence-electron chi connectivity index (χ2n) is 11.1. The molecule has 3 fully saturated rings. The molecule has 0 unspecified atom stereocenters. The predicted molar refractivity (Wildman–Crippen MR) is 152 cm³/mol. The highest BCUT2D eigenvalue weighted by Crippen LogP contribution is 2.38. The molecule has 4 aromatic rings. The van der Waals surface area contributed by atoms with Gasteiger partial charge in [-0.1, -0.05) is 12.1 Å². The number of anilines is 1. The van der Waals surface area contributed by atoms with Gasteiger partial charge in [-0.25, -0.2) is 4.98 Å². The first kappa shape index (κ1) is 24.5. The largest absolute Gasteiger partial charge is 0.356 e. The number of carbonyl (C=O) groups excluding carboxylic acids is 2. The molecule has 11 heteroatoms. The third-order valence-electron chi connectivity index (χ3n) is 8.61. The van der Waals surface area contributed by atoms with E-state index in [9.17, 15) is 14.4 Å². The number of aromatic nitrogens is 3. The van der Waals surface area contributed by atoms with E-state index >= 15 is 0 Å². The van der Waals surface area contributed by atoms with Crippen molar-refractivity contribution in [2.75, 3.05) is 50.7 Å². The Hall–Kier alpha value is -3.57. The molecule has 3 aliphatic heterocycles. The molecule has 0 aliphatic carbocycles. The first-order valence-corrected chi connectivity index (χ1v) is 14.6. The smallest absolute Gasteiger partial charge is 0.258 e. The van der Waals surface area contributed by atoms with Crippen molar-refractivity contribution in [1.29, 1.82) is 0 Å². The maximum atomic E-state index is 13.8. The van der Waals surface area contributed by atoms with Gasteiger partial charge in [-0.3, -0.25) is 18.8 Å². The van der Waals surface area contributed by atoms with Crippen LogP contribution in [-0.4, -0.2) is 76.9 Å². The molecule has 2 N–H and O–H groups in total. The quantitative estimate of drug-likeness (QED) is 0.396. The molecule has 0 saturated carbocycles. The molecule has 0 bridgehead atoms. The van der Waals surface area contributed by atoms with Crippen molar-refractivity contribution < 1.29 is 9.59 Å². The van der Waals surface area contributed by atoms with Crippen molar-refractivity contribution in [1.82, 2.24) is 29.9 Å². The van der Waals surface area contributed by atoms with Crippen molar-refractivity contribution in [3.05, 3.63) is 46.2 Å². The number of amides is 2. The van der Waals surface area contributed by atoms with Gasteiger partial charge in [0.05, 0.1) is 15.6 Å². The van der Waals surface area contributed by atoms with Crippen LogP contribution < -0.4 is 21.0 Å². The van der Waals surface area contributed by atoms with Crippen LogP contribution in [0.1, 0.15) is 42.5 Å². The molecule has 3 aliphatic rings. The fourth-order valence-corrected chi connectivity index (χ4v) is 7.53. The summed E-state index contributed by atoms with van der Waals surface area (Å²) < 4.78 is 2.93. The zero-order valence-electron chi connectivity index (χ0n) is 21.7. The maximum Gasteiger partial charge on any atom is 0.258 e. The minimum atomic E-state index is -0.352. The Morgan fingerprint density at radius 2 is 1.90 bits per heavy atom. The summed E-state index contributed by atoms with van der Waals surface area (Å²) in [5.41, 5.74) is 1.26. The SMILES string of the molecule is O=C1CC2(CCN(c3ncc4c(=O)c(C(=O)NCCN5CCCC5)c5sc6ccccc6n5c4n3)CC2)CN1. The summed E-state index contributed by atoms with van der Waals surface area (Å²) in [5, 5.41) is 6.31. The van der Waals surface area contributed by atoms with Gasteiger partial charge < -0.3 is 20.4 Å². The molecular weight excluding hydrogens is 514 g/mol. The summed E-state index contributed by atoms with van der Waals surface area (Å²) in [6.07, 6.45) is 6.32. The Balaban J connectivity index is 1.26. The van der Waals surface area contributed by atoms with Crippen molar-refractivity contribution in [2.45, 2.75) is 32.1 Å². The first-order valence-electron chi connectivity index (χ1n) is 13.8. The molecule has 3 aromatic heterocycles. The molecule has 2 amide bonds.